The molecule has 1 saturated heterocycles. The number of nitrogens with zero attached hydrogens (tertiary/aromatic N) is 1. The van der Waals surface area contributed by atoms with E-state index in [2.05, 4.69) is 0 Å². The van der Waals surface area contributed by atoms with Gasteiger partial charge in [-0.3, -0.25) is 4.79 Å². The topological polar surface area (TPSA) is 49.8 Å². The average molecular weight is 225 g/mol. The molecule has 1 atom stereocenters. The minimum atomic E-state index is -0.171. The summed E-state index contributed by atoms with van der Waals surface area (Å²) in [6.45, 7) is 1.23. The number of morpholine rings is 1. The SMILES string of the molecule is O=C(C1CCC1)N1CC(CO)OCC12CC2. The van der Waals surface area contributed by atoms with Gasteiger partial charge in [-0.15, -0.1) is 0 Å². The predicted molar refractivity (Wildman–Crippen MR) is 57.8 cm³/mol. The van der Waals surface area contributed by atoms with Crippen LogP contribution in [0.5, 0.6) is 0 Å². The molecule has 0 bridgehead atoms. The van der Waals surface area contributed by atoms with Crippen LogP contribution in [0, 0.1) is 5.92 Å². The lowest BCUT2D eigenvalue weighted by Crippen LogP contribution is -2.57. The second kappa shape index (κ2) is 3.70. The highest BCUT2D eigenvalue weighted by Crippen LogP contribution is 2.46. The van der Waals surface area contributed by atoms with E-state index in [9.17, 15) is 4.79 Å². The van der Waals surface area contributed by atoms with Gasteiger partial charge in [-0.25, -0.2) is 0 Å². The van der Waals surface area contributed by atoms with Crippen LogP contribution in [0.25, 0.3) is 0 Å². The van der Waals surface area contributed by atoms with Crippen LogP contribution in [0.1, 0.15) is 32.1 Å². The Morgan fingerprint density at radius 1 is 1.44 bits per heavy atom. The Kier molecular flexibility index (Phi) is 2.44. The second-order valence-electron chi connectivity index (χ2n) is 5.42. The van der Waals surface area contributed by atoms with Gasteiger partial charge in [0.2, 0.25) is 5.91 Å². The molecule has 1 amide bonds. The fourth-order valence-electron chi connectivity index (χ4n) is 2.67. The number of hydrogen-bond donors (Lipinski definition) is 1. The largest absolute Gasteiger partial charge is 0.394 e. The molecule has 3 fully saturated rings. The summed E-state index contributed by atoms with van der Waals surface area (Å²) < 4.78 is 5.57. The number of amides is 1. The third-order valence-electron chi connectivity index (χ3n) is 4.30. The molecule has 1 heterocycles. The van der Waals surface area contributed by atoms with E-state index in [1.54, 1.807) is 0 Å². The highest BCUT2D eigenvalue weighted by molar-refractivity contribution is 5.81. The lowest BCUT2D eigenvalue weighted by molar-refractivity contribution is -0.156. The van der Waals surface area contributed by atoms with Crippen molar-refractivity contribution in [2.75, 3.05) is 19.8 Å². The Bertz CT molecular complexity index is 297. The smallest absolute Gasteiger partial charge is 0.226 e. The van der Waals surface area contributed by atoms with Gasteiger partial charge >= 0.3 is 0 Å². The maximum atomic E-state index is 12.3. The van der Waals surface area contributed by atoms with Gasteiger partial charge in [0.15, 0.2) is 0 Å². The summed E-state index contributed by atoms with van der Waals surface area (Å²) in [5.74, 6) is 0.570. The van der Waals surface area contributed by atoms with Gasteiger partial charge in [-0.1, -0.05) is 6.42 Å². The van der Waals surface area contributed by atoms with Gasteiger partial charge < -0.3 is 14.7 Å². The summed E-state index contributed by atoms with van der Waals surface area (Å²) in [4.78, 5) is 14.3. The summed E-state index contributed by atoms with van der Waals surface area (Å²) in [7, 11) is 0. The number of ether oxygens (including phenoxy) is 1. The van der Waals surface area contributed by atoms with Crippen LogP contribution in [0.15, 0.2) is 0 Å². The molecule has 1 spiro atoms. The second-order valence-corrected chi connectivity index (χ2v) is 5.42. The molecule has 1 N–H and O–H groups in total. The Hall–Kier alpha value is -0.610. The summed E-state index contributed by atoms with van der Waals surface area (Å²) >= 11 is 0. The van der Waals surface area contributed by atoms with Crippen LogP contribution < -0.4 is 0 Å². The predicted octanol–water partition coefficient (Wildman–Crippen LogP) is 0.539. The lowest BCUT2D eigenvalue weighted by atomic mass is 9.83. The molecule has 3 rings (SSSR count). The zero-order valence-corrected chi connectivity index (χ0v) is 9.52. The molecule has 0 aromatic heterocycles. The number of rotatable bonds is 2. The van der Waals surface area contributed by atoms with Crippen molar-refractivity contribution in [2.24, 2.45) is 5.92 Å². The van der Waals surface area contributed by atoms with Crippen LogP contribution in [-0.2, 0) is 9.53 Å². The first kappa shape index (κ1) is 10.5. The van der Waals surface area contributed by atoms with E-state index < -0.39 is 0 Å². The molecule has 0 aromatic rings. The van der Waals surface area contributed by atoms with Crippen molar-refractivity contribution in [3.63, 3.8) is 0 Å². The van der Waals surface area contributed by atoms with E-state index in [1.165, 1.54) is 6.42 Å². The molecule has 1 unspecified atom stereocenters. The average Bonchev–Trinajstić information content (AvgIpc) is 2.97. The van der Waals surface area contributed by atoms with Crippen LogP contribution >= 0.6 is 0 Å². The van der Waals surface area contributed by atoms with Crippen molar-refractivity contribution < 1.29 is 14.6 Å². The standard InChI is InChI=1S/C12H19NO3/c14-7-10-6-13(11(15)9-2-1-3-9)12(4-5-12)8-16-10/h9-10,14H,1-8H2. The maximum Gasteiger partial charge on any atom is 0.226 e. The highest BCUT2D eigenvalue weighted by Gasteiger charge is 2.54. The number of aliphatic hydroxyl groups excluding tert-OH is 1. The first-order valence-electron chi connectivity index (χ1n) is 6.29. The van der Waals surface area contributed by atoms with E-state index in [0.29, 0.717) is 19.1 Å². The van der Waals surface area contributed by atoms with Crippen molar-refractivity contribution in [3.05, 3.63) is 0 Å². The fraction of sp³-hybridized carbons (Fsp3) is 0.917. The van der Waals surface area contributed by atoms with Crippen molar-refractivity contribution in [1.29, 1.82) is 0 Å². The van der Waals surface area contributed by atoms with Gasteiger partial charge in [0, 0.05) is 12.5 Å². The summed E-state index contributed by atoms with van der Waals surface area (Å²) in [5.41, 5.74) is 0.0122. The van der Waals surface area contributed by atoms with Crippen LogP contribution in [0.4, 0.5) is 0 Å². The third kappa shape index (κ3) is 1.55. The van der Waals surface area contributed by atoms with Gasteiger partial charge in [0.25, 0.3) is 0 Å². The Morgan fingerprint density at radius 2 is 2.19 bits per heavy atom. The summed E-state index contributed by atoms with van der Waals surface area (Å²) in [6, 6.07) is 0. The van der Waals surface area contributed by atoms with Crippen molar-refractivity contribution in [1.82, 2.24) is 4.90 Å². The summed E-state index contributed by atoms with van der Waals surface area (Å²) in [5, 5.41) is 9.13. The molecule has 4 nitrogen and oxygen atoms in total. The molecule has 90 valence electrons. The number of carbonyl (C=O) groups excluding carboxylic acids is 1. The van der Waals surface area contributed by atoms with E-state index in [-0.39, 0.29) is 24.2 Å². The first-order valence-corrected chi connectivity index (χ1v) is 6.29. The molecule has 16 heavy (non-hydrogen) atoms. The molecule has 0 aromatic carbocycles. The Balaban J connectivity index is 1.71. The van der Waals surface area contributed by atoms with Crippen LogP contribution in [0.3, 0.4) is 0 Å². The molecule has 2 aliphatic carbocycles. The van der Waals surface area contributed by atoms with E-state index in [0.717, 1.165) is 25.7 Å². The van der Waals surface area contributed by atoms with Crippen LogP contribution in [0.2, 0.25) is 0 Å². The zero-order valence-electron chi connectivity index (χ0n) is 9.52. The monoisotopic (exact) mass is 225 g/mol. The van der Waals surface area contributed by atoms with Crippen LogP contribution in [-0.4, -0.2) is 47.3 Å². The van der Waals surface area contributed by atoms with Crippen molar-refractivity contribution >= 4 is 5.91 Å². The zero-order chi connectivity index (χ0) is 11.2. The van der Waals surface area contributed by atoms with E-state index in [4.69, 9.17) is 9.84 Å². The minimum absolute atomic E-state index is 0.0122. The molecule has 0 radical (unpaired) electrons. The lowest BCUT2D eigenvalue weighted by Gasteiger charge is -2.42. The van der Waals surface area contributed by atoms with Gasteiger partial charge in [-0.05, 0) is 25.7 Å². The first-order chi connectivity index (χ1) is 7.75. The number of hydrogen-bond acceptors (Lipinski definition) is 3. The number of carbonyl (C=O) groups is 1. The molecule has 4 heteroatoms. The van der Waals surface area contributed by atoms with Crippen molar-refractivity contribution in [2.45, 2.75) is 43.7 Å². The van der Waals surface area contributed by atoms with E-state index >= 15 is 0 Å². The van der Waals surface area contributed by atoms with Gasteiger partial charge in [-0.2, -0.15) is 0 Å². The normalized spacial score (nSPS) is 32.6. The Labute approximate surface area is 95.6 Å². The molecule has 1 aliphatic heterocycles. The minimum Gasteiger partial charge on any atom is -0.394 e. The quantitative estimate of drug-likeness (QED) is 0.746. The van der Waals surface area contributed by atoms with Gasteiger partial charge in [0.05, 0.1) is 24.9 Å². The molecular weight excluding hydrogens is 206 g/mol. The summed E-state index contributed by atoms with van der Waals surface area (Å²) in [6.07, 6.45) is 5.27. The third-order valence-corrected chi connectivity index (χ3v) is 4.30. The van der Waals surface area contributed by atoms with Crippen molar-refractivity contribution in [3.8, 4) is 0 Å². The Morgan fingerprint density at radius 3 is 2.69 bits per heavy atom. The van der Waals surface area contributed by atoms with Gasteiger partial charge in [0.1, 0.15) is 0 Å². The van der Waals surface area contributed by atoms with E-state index in [1.807, 2.05) is 4.90 Å². The fourth-order valence-corrected chi connectivity index (χ4v) is 2.67. The maximum absolute atomic E-state index is 12.3. The molecule has 2 saturated carbocycles. The highest BCUT2D eigenvalue weighted by atomic mass is 16.5. The molecule has 3 aliphatic rings. The molecular formula is C12H19NO3. The number of aliphatic hydroxyl groups is 1.